The van der Waals surface area contributed by atoms with Crippen LogP contribution in [0.25, 0.3) is 5.57 Å². The highest BCUT2D eigenvalue weighted by molar-refractivity contribution is 5.84. The lowest BCUT2D eigenvalue weighted by Gasteiger charge is -2.25. The molecule has 4 nitrogen and oxygen atoms in total. The van der Waals surface area contributed by atoms with Crippen LogP contribution in [0.4, 0.5) is 5.69 Å². The summed E-state index contributed by atoms with van der Waals surface area (Å²) in [6.07, 6.45) is 4.58. The first-order valence-electron chi connectivity index (χ1n) is 8.01. The molecule has 0 bridgehead atoms. The van der Waals surface area contributed by atoms with Gasteiger partial charge in [-0.2, -0.15) is 15.8 Å². The zero-order valence-corrected chi connectivity index (χ0v) is 13.8. The van der Waals surface area contributed by atoms with Gasteiger partial charge >= 0.3 is 0 Å². The molecule has 0 aliphatic heterocycles. The SMILES string of the molecule is CCCCN(CCCC)c1ccc(C(C#N)=C(C#N)C#N)cc1. The highest BCUT2D eigenvalue weighted by atomic mass is 15.1. The van der Waals surface area contributed by atoms with Gasteiger partial charge in [0.2, 0.25) is 0 Å². The molecule has 0 fully saturated rings. The number of rotatable bonds is 8. The molecule has 1 aromatic rings. The number of anilines is 1. The molecule has 0 aromatic heterocycles. The maximum Gasteiger partial charge on any atom is 0.148 e. The predicted octanol–water partition coefficient (Wildman–Crippen LogP) is 4.42. The van der Waals surface area contributed by atoms with E-state index in [2.05, 4.69) is 18.7 Å². The number of unbranched alkanes of at least 4 members (excludes halogenated alkanes) is 2. The van der Waals surface area contributed by atoms with Gasteiger partial charge in [0.25, 0.3) is 0 Å². The van der Waals surface area contributed by atoms with Gasteiger partial charge in [0.1, 0.15) is 23.8 Å². The van der Waals surface area contributed by atoms with Crippen molar-refractivity contribution < 1.29 is 0 Å². The fraction of sp³-hybridized carbons (Fsp3) is 0.421. The van der Waals surface area contributed by atoms with Crippen molar-refractivity contribution in [2.24, 2.45) is 0 Å². The number of nitrogens with zero attached hydrogens (tertiary/aromatic N) is 4. The smallest absolute Gasteiger partial charge is 0.148 e. The van der Waals surface area contributed by atoms with E-state index in [1.807, 2.05) is 30.3 Å². The largest absolute Gasteiger partial charge is 0.372 e. The minimum absolute atomic E-state index is 0.134. The molecule has 118 valence electrons. The van der Waals surface area contributed by atoms with Crippen LogP contribution in [-0.4, -0.2) is 13.1 Å². The van der Waals surface area contributed by atoms with Gasteiger partial charge in [0.05, 0.1) is 5.57 Å². The molecule has 1 aromatic carbocycles. The van der Waals surface area contributed by atoms with E-state index in [-0.39, 0.29) is 11.1 Å². The molecule has 0 atom stereocenters. The average molecular weight is 306 g/mol. The first-order valence-corrected chi connectivity index (χ1v) is 8.01. The summed E-state index contributed by atoms with van der Waals surface area (Å²) in [5.41, 5.74) is 1.72. The first kappa shape index (κ1) is 18.3. The van der Waals surface area contributed by atoms with Gasteiger partial charge in [0, 0.05) is 18.8 Å². The molecule has 0 amide bonds. The lowest BCUT2D eigenvalue weighted by molar-refractivity contribution is 0.678. The van der Waals surface area contributed by atoms with Gasteiger partial charge in [-0.3, -0.25) is 0 Å². The van der Waals surface area contributed by atoms with E-state index in [1.54, 1.807) is 12.1 Å². The third-order valence-electron chi connectivity index (χ3n) is 3.67. The van der Waals surface area contributed by atoms with Gasteiger partial charge in [-0.25, -0.2) is 0 Å². The van der Waals surface area contributed by atoms with E-state index in [4.69, 9.17) is 10.5 Å². The van der Waals surface area contributed by atoms with Crippen molar-refractivity contribution in [2.45, 2.75) is 39.5 Å². The zero-order valence-electron chi connectivity index (χ0n) is 13.8. The van der Waals surface area contributed by atoms with Crippen LogP contribution in [0.2, 0.25) is 0 Å². The maximum absolute atomic E-state index is 9.20. The standard InChI is InChI=1S/C19H22N4/c1-3-5-11-23(12-6-4-2)18-9-7-16(8-10-18)19(15-22)17(13-20)14-21/h7-10H,3-6,11-12H2,1-2H3. The highest BCUT2D eigenvalue weighted by Gasteiger charge is 2.10. The Morgan fingerprint density at radius 1 is 0.870 bits per heavy atom. The van der Waals surface area contributed by atoms with Crippen LogP contribution < -0.4 is 4.90 Å². The lowest BCUT2D eigenvalue weighted by atomic mass is 10.0. The van der Waals surface area contributed by atoms with Crippen LogP contribution in [0, 0.1) is 34.0 Å². The van der Waals surface area contributed by atoms with Crippen LogP contribution in [0.15, 0.2) is 29.8 Å². The van der Waals surface area contributed by atoms with E-state index < -0.39 is 0 Å². The predicted molar refractivity (Wildman–Crippen MR) is 92.2 cm³/mol. The molecule has 0 aliphatic rings. The molecule has 4 heteroatoms. The Hall–Kier alpha value is -2.77. The fourth-order valence-electron chi connectivity index (χ4n) is 2.31. The molecule has 23 heavy (non-hydrogen) atoms. The number of hydrogen-bond acceptors (Lipinski definition) is 4. The Labute approximate surface area is 138 Å². The summed E-state index contributed by atoms with van der Waals surface area (Å²) < 4.78 is 0. The van der Waals surface area contributed by atoms with Crippen molar-refractivity contribution >= 4 is 11.3 Å². The van der Waals surface area contributed by atoms with Crippen molar-refractivity contribution in [1.82, 2.24) is 0 Å². The van der Waals surface area contributed by atoms with E-state index in [9.17, 15) is 5.26 Å². The van der Waals surface area contributed by atoms with E-state index in [1.165, 1.54) is 0 Å². The molecule has 1 rings (SSSR count). The topological polar surface area (TPSA) is 74.6 Å². The van der Waals surface area contributed by atoms with Crippen molar-refractivity contribution in [3.63, 3.8) is 0 Å². The van der Waals surface area contributed by atoms with Crippen LogP contribution in [0.3, 0.4) is 0 Å². The minimum atomic E-state index is -0.144. The second-order valence-corrected chi connectivity index (χ2v) is 5.33. The number of hydrogen-bond donors (Lipinski definition) is 0. The van der Waals surface area contributed by atoms with Gasteiger partial charge < -0.3 is 4.90 Å². The summed E-state index contributed by atoms with van der Waals surface area (Å²) in [4.78, 5) is 2.35. The molecule has 0 aliphatic carbocycles. The van der Waals surface area contributed by atoms with Crippen LogP contribution >= 0.6 is 0 Å². The minimum Gasteiger partial charge on any atom is -0.372 e. The van der Waals surface area contributed by atoms with Gasteiger partial charge in [0.15, 0.2) is 0 Å². The van der Waals surface area contributed by atoms with Gasteiger partial charge in [-0.15, -0.1) is 0 Å². The monoisotopic (exact) mass is 306 g/mol. The van der Waals surface area contributed by atoms with Crippen molar-refractivity contribution in [3.8, 4) is 18.2 Å². The Kier molecular flexibility index (Phi) is 7.98. The molecule has 0 saturated heterocycles. The number of allylic oxidation sites excluding steroid dienone is 2. The van der Waals surface area contributed by atoms with E-state index >= 15 is 0 Å². The molecule has 0 radical (unpaired) electrons. The van der Waals surface area contributed by atoms with Crippen LogP contribution in [0.1, 0.15) is 45.1 Å². The van der Waals surface area contributed by atoms with Crippen molar-refractivity contribution in [1.29, 1.82) is 15.8 Å². The molecule has 0 N–H and O–H groups in total. The third-order valence-corrected chi connectivity index (χ3v) is 3.67. The summed E-state index contributed by atoms with van der Waals surface area (Å²) in [5.74, 6) is 0. The Morgan fingerprint density at radius 2 is 1.39 bits per heavy atom. The van der Waals surface area contributed by atoms with Crippen LogP contribution in [0.5, 0.6) is 0 Å². The van der Waals surface area contributed by atoms with Crippen molar-refractivity contribution in [2.75, 3.05) is 18.0 Å². The second kappa shape index (κ2) is 10.0. The molecule has 0 unspecified atom stereocenters. The number of benzene rings is 1. The summed E-state index contributed by atoms with van der Waals surface area (Å²) in [5, 5.41) is 27.1. The molecule has 0 heterocycles. The fourth-order valence-corrected chi connectivity index (χ4v) is 2.31. The summed E-state index contributed by atoms with van der Waals surface area (Å²) in [6.45, 7) is 6.38. The lowest BCUT2D eigenvalue weighted by Crippen LogP contribution is -2.25. The van der Waals surface area contributed by atoms with Crippen LogP contribution in [-0.2, 0) is 0 Å². The molecular weight excluding hydrogens is 284 g/mol. The van der Waals surface area contributed by atoms with Gasteiger partial charge in [-0.1, -0.05) is 38.8 Å². The van der Waals surface area contributed by atoms with E-state index in [0.717, 1.165) is 44.5 Å². The molecular formula is C19H22N4. The normalized spacial score (nSPS) is 9.35. The second-order valence-electron chi connectivity index (χ2n) is 5.33. The molecule has 0 saturated carbocycles. The zero-order chi connectivity index (χ0) is 17.1. The maximum atomic E-state index is 9.20. The highest BCUT2D eigenvalue weighted by Crippen LogP contribution is 2.22. The van der Waals surface area contributed by atoms with Gasteiger partial charge in [-0.05, 0) is 30.5 Å². The Balaban J connectivity index is 3.06. The Morgan fingerprint density at radius 3 is 1.78 bits per heavy atom. The summed E-state index contributed by atoms with van der Waals surface area (Å²) in [6, 6.07) is 13.1. The Bertz CT molecular complexity index is 627. The van der Waals surface area contributed by atoms with Crippen molar-refractivity contribution in [3.05, 3.63) is 35.4 Å². The quantitative estimate of drug-likeness (QED) is 0.666. The average Bonchev–Trinajstić information content (AvgIpc) is 2.60. The molecule has 0 spiro atoms. The summed E-state index contributed by atoms with van der Waals surface area (Å²) in [7, 11) is 0. The number of nitriles is 3. The summed E-state index contributed by atoms with van der Waals surface area (Å²) >= 11 is 0. The third kappa shape index (κ3) is 5.17. The van der Waals surface area contributed by atoms with E-state index in [0.29, 0.717) is 5.56 Å². The first-order chi connectivity index (χ1) is 11.2.